The van der Waals surface area contributed by atoms with Crippen LogP contribution in [0.2, 0.25) is 0 Å². The van der Waals surface area contributed by atoms with Crippen molar-refractivity contribution in [1.82, 2.24) is 10.2 Å². The molecule has 1 aromatic carbocycles. The van der Waals surface area contributed by atoms with Gasteiger partial charge >= 0.3 is 12.8 Å². The second kappa shape index (κ2) is 10.0. The summed E-state index contributed by atoms with van der Waals surface area (Å²) in [6, 6.07) is 6.11. The van der Waals surface area contributed by atoms with E-state index >= 15 is 0 Å². The molecule has 3 heterocycles. The Morgan fingerprint density at radius 2 is 1.83 bits per heavy atom. The Bertz CT molecular complexity index is 1050. The molecule has 1 atom stereocenters. The largest absolute Gasteiger partial charge is 0.435 e. The zero-order valence-electron chi connectivity index (χ0n) is 18.3. The highest BCUT2D eigenvalue weighted by Crippen LogP contribution is 2.49. The number of aromatic amines is 1. The number of nitrogens with one attached hydrogen (secondary N) is 2. The lowest BCUT2D eigenvalue weighted by atomic mass is 9.81. The molecule has 0 spiro atoms. The van der Waals surface area contributed by atoms with Crippen LogP contribution in [-0.4, -0.2) is 59.1 Å². The molecule has 0 radical (unpaired) electrons. The number of aromatic nitrogens is 2. The minimum Gasteiger partial charge on any atom is -0.435 e. The number of amides is 1. The molecule has 15 heteroatoms. The van der Waals surface area contributed by atoms with Gasteiger partial charge in [0.2, 0.25) is 5.91 Å². The van der Waals surface area contributed by atoms with E-state index in [-0.39, 0.29) is 23.2 Å². The van der Waals surface area contributed by atoms with Crippen molar-refractivity contribution in [3.05, 3.63) is 45.6 Å². The van der Waals surface area contributed by atoms with E-state index in [9.17, 15) is 31.9 Å². The fraction of sp³-hybridized carbons (Fsp3) is 0.500. The summed E-state index contributed by atoms with van der Waals surface area (Å²) >= 11 is 0. The number of aliphatic hydroxyl groups is 1. The molecule has 2 aliphatic heterocycles. The van der Waals surface area contributed by atoms with Crippen LogP contribution in [0.3, 0.4) is 0 Å². The van der Waals surface area contributed by atoms with E-state index in [1.54, 1.807) is 12.1 Å². The molecule has 0 unspecified atom stereocenters. The Morgan fingerprint density at radius 3 is 2.34 bits per heavy atom. The number of carbonyl (C=O) groups is 1. The number of anilines is 2. The van der Waals surface area contributed by atoms with Crippen molar-refractivity contribution in [1.29, 1.82) is 0 Å². The molecule has 10 nitrogen and oxygen atoms in total. The zero-order valence-corrected chi connectivity index (χ0v) is 18.3. The Morgan fingerprint density at radius 1 is 1.26 bits per heavy atom. The molecule has 2 aromatic rings. The van der Waals surface area contributed by atoms with Gasteiger partial charge in [-0.25, -0.2) is 0 Å². The zero-order chi connectivity index (χ0) is 26.0. The first-order chi connectivity index (χ1) is 16.3. The number of piperidine rings is 1. The summed E-state index contributed by atoms with van der Waals surface area (Å²) in [5.41, 5.74) is -2.79. The normalized spacial score (nSPS) is 20.6. The van der Waals surface area contributed by atoms with Crippen LogP contribution in [0, 0.1) is 10.1 Å². The van der Waals surface area contributed by atoms with Crippen molar-refractivity contribution >= 4 is 17.4 Å². The summed E-state index contributed by atoms with van der Waals surface area (Å²) in [4.78, 5) is 22.0. The van der Waals surface area contributed by atoms with Gasteiger partial charge in [0.05, 0.1) is 12.0 Å². The number of H-pyrrole nitrogens is 1. The van der Waals surface area contributed by atoms with E-state index in [1.807, 2.05) is 4.90 Å². The number of hydrogen-bond acceptors (Lipinski definition) is 7. The summed E-state index contributed by atoms with van der Waals surface area (Å²) in [5, 5.41) is 27.9. The van der Waals surface area contributed by atoms with Crippen molar-refractivity contribution in [3.63, 3.8) is 0 Å². The maximum absolute atomic E-state index is 13.7. The first kappa shape index (κ1) is 26.1. The molecule has 1 amide bonds. The Kier molecular flexibility index (Phi) is 7.47. The van der Waals surface area contributed by atoms with E-state index in [2.05, 4.69) is 20.3 Å². The summed E-state index contributed by atoms with van der Waals surface area (Å²) in [6.45, 7) is -1.93. The molecular formula is C20H22F5N5O5. The fourth-order valence-electron chi connectivity index (χ4n) is 4.16. The van der Waals surface area contributed by atoms with Gasteiger partial charge in [-0.1, -0.05) is 0 Å². The average molecular weight is 507 g/mol. The molecule has 4 rings (SSSR count). The average Bonchev–Trinajstić information content (AvgIpc) is 3.17. The minimum atomic E-state index is -5.04. The molecule has 3 N–H and O–H groups in total. The predicted molar refractivity (Wildman–Crippen MR) is 112 cm³/mol. The molecule has 0 saturated carbocycles. The summed E-state index contributed by atoms with van der Waals surface area (Å²) in [7, 11) is 0.889. The first-order valence-electron chi connectivity index (χ1n) is 10.4. The molecule has 1 saturated heterocycles. The number of hydrogen-bond donors (Lipinski definition) is 3. The van der Waals surface area contributed by atoms with E-state index in [1.165, 1.54) is 12.1 Å². The van der Waals surface area contributed by atoms with Gasteiger partial charge in [-0.05, 0) is 37.1 Å². The van der Waals surface area contributed by atoms with E-state index in [0.717, 1.165) is 12.7 Å². The number of nitrogens with zero attached hydrogens (tertiary/aromatic N) is 3. The van der Waals surface area contributed by atoms with Crippen molar-refractivity contribution < 1.29 is 41.5 Å². The number of ether oxygens (including phenoxy) is 1. The fourth-order valence-corrected chi connectivity index (χ4v) is 4.16. The van der Waals surface area contributed by atoms with Crippen molar-refractivity contribution in [2.75, 3.05) is 30.4 Å². The first-order valence-corrected chi connectivity index (χ1v) is 10.4. The van der Waals surface area contributed by atoms with E-state index in [0.29, 0.717) is 25.9 Å². The number of carbonyl (C=O) groups excluding carboxylic acids is 1. The van der Waals surface area contributed by atoms with E-state index in [4.69, 9.17) is 10.1 Å². The topological polar surface area (TPSA) is 134 Å². The van der Waals surface area contributed by atoms with Gasteiger partial charge in [0.1, 0.15) is 5.75 Å². The Balaban J connectivity index is 0.000000795. The number of alkyl halides is 5. The number of nitro groups is 1. The van der Waals surface area contributed by atoms with Crippen LogP contribution < -0.4 is 15.0 Å². The molecule has 1 aromatic heterocycles. The molecule has 192 valence electrons. The quantitative estimate of drug-likeness (QED) is 0.328. The summed E-state index contributed by atoms with van der Waals surface area (Å²) in [5.74, 6) is -1.56. The SMILES string of the molecule is C[N+](=O)[O-].O=C1C[C@](O)(C(F)(F)F)c2c(n[nH]c2C2CCN(c3ccc(OC(F)F)cc3)CC2)N1. The van der Waals surface area contributed by atoms with E-state index < -0.39 is 41.2 Å². The monoisotopic (exact) mass is 507 g/mol. The number of halogens is 5. The van der Waals surface area contributed by atoms with Crippen molar-refractivity contribution in [3.8, 4) is 5.75 Å². The van der Waals surface area contributed by atoms with Crippen LogP contribution in [0.25, 0.3) is 0 Å². The number of benzene rings is 1. The van der Waals surface area contributed by atoms with Gasteiger partial charge in [0, 0.05) is 35.3 Å². The molecule has 0 bridgehead atoms. The minimum absolute atomic E-state index is 0.0335. The highest BCUT2D eigenvalue weighted by Gasteiger charge is 2.61. The molecule has 2 aliphatic rings. The molecule has 0 aliphatic carbocycles. The lowest BCUT2D eigenvalue weighted by Gasteiger charge is -2.37. The van der Waals surface area contributed by atoms with Crippen LogP contribution in [0.1, 0.15) is 36.4 Å². The highest BCUT2D eigenvalue weighted by atomic mass is 19.4. The molecule has 35 heavy (non-hydrogen) atoms. The third-order valence-corrected chi connectivity index (χ3v) is 5.68. The number of fused-ring (bicyclic) bond motifs is 1. The second-order valence-corrected chi connectivity index (χ2v) is 8.02. The van der Waals surface area contributed by atoms with Crippen LogP contribution in [-0.2, 0) is 10.4 Å². The van der Waals surface area contributed by atoms with Crippen LogP contribution in [0.5, 0.6) is 5.75 Å². The van der Waals surface area contributed by atoms with Gasteiger partial charge in [-0.2, -0.15) is 27.1 Å². The summed E-state index contributed by atoms with van der Waals surface area (Å²) in [6.07, 6.45) is -5.24. The lowest BCUT2D eigenvalue weighted by molar-refractivity contribution is -0.445. The molecule has 1 fully saturated rings. The Hall–Kier alpha value is -3.49. The Labute approximate surface area is 195 Å². The number of rotatable bonds is 4. The standard InChI is InChI=1S/C19H19F5N4O3.CH3NO2/c20-17(21)31-12-3-1-11(2-4-12)28-7-5-10(6-8-28)15-14-16(27-26-15)25-13(29)9-18(14,30)19(22,23)24;1-2(3)4/h1-4,10,17,30H,5-9H2,(H2,25,26,27,29);1H3/t18-;/m1./s1. The summed E-state index contributed by atoms with van der Waals surface area (Å²) < 4.78 is 69.8. The maximum Gasteiger partial charge on any atom is 0.422 e. The van der Waals surface area contributed by atoms with Gasteiger partial charge < -0.3 is 20.1 Å². The van der Waals surface area contributed by atoms with Crippen LogP contribution in [0.15, 0.2) is 24.3 Å². The highest BCUT2D eigenvalue weighted by molar-refractivity contribution is 5.94. The maximum atomic E-state index is 13.7. The smallest absolute Gasteiger partial charge is 0.422 e. The van der Waals surface area contributed by atoms with Gasteiger partial charge in [-0.15, -0.1) is 0 Å². The molecular weight excluding hydrogens is 485 g/mol. The second-order valence-electron chi connectivity index (χ2n) is 8.02. The van der Waals surface area contributed by atoms with Gasteiger partial charge in [0.15, 0.2) is 18.5 Å². The van der Waals surface area contributed by atoms with Gasteiger partial charge in [-0.3, -0.25) is 20.0 Å². The van der Waals surface area contributed by atoms with Crippen molar-refractivity contribution in [2.45, 2.75) is 43.6 Å². The van der Waals surface area contributed by atoms with Crippen LogP contribution >= 0.6 is 0 Å². The third kappa shape index (κ3) is 5.78. The van der Waals surface area contributed by atoms with Crippen LogP contribution in [0.4, 0.5) is 33.5 Å². The van der Waals surface area contributed by atoms with Crippen molar-refractivity contribution in [2.24, 2.45) is 0 Å². The lowest BCUT2D eigenvalue weighted by Crippen LogP contribution is -2.48. The predicted octanol–water partition coefficient (Wildman–Crippen LogP) is 3.38. The van der Waals surface area contributed by atoms with Gasteiger partial charge in [0.25, 0.3) is 0 Å². The third-order valence-electron chi connectivity index (χ3n) is 5.68.